The van der Waals surface area contributed by atoms with Crippen LogP contribution in [0, 0.1) is 12.7 Å². The van der Waals surface area contributed by atoms with Crippen molar-refractivity contribution >= 4 is 22.6 Å². The number of carbonyl (C=O) groups is 2. The van der Waals surface area contributed by atoms with E-state index in [-0.39, 0.29) is 30.0 Å². The molecule has 4 rings (SSSR count). The van der Waals surface area contributed by atoms with E-state index in [0.717, 1.165) is 5.56 Å². The Labute approximate surface area is 143 Å². The summed E-state index contributed by atoms with van der Waals surface area (Å²) in [5.41, 5.74) is 1.56. The summed E-state index contributed by atoms with van der Waals surface area (Å²) in [6.45, 7) is 2.92. The standard InChI is InChI=1S/C18H18FN3O3/c1-9-6-12-13(7-10-8-20-5-4-11(10)16(12)19)18(25)22(9)14-2-3-15(23)21-17(14)24/h6-7,14,20H,2-5,8H2,1H3,(H,21,23,24). The lowest BCUT2D eigenvalue weighted by Gasteiger charge is -2.26. The van der Waals surface area contributed by atoms with Gasteiger partial charge in [-0.25, -0.2) is 4.39 Å². The van der Waals surface area contributed by atoms with Gasteiger partial charge in [-0.1, -0.05) is 0 Å². The number of pyridine rings is 1. The maximum atomic E-state index is 14.9. The maximum Gasteiger partial charge on any atom is 0.259 e. The zero-order valence-electron chi connectivity index (χ0n) is 13.8. The molecule has 1 saturated heterocycles. The summed E-state index contributed by atoms with van der Waals surface area (Å²) in [5.74, 6) is -1.16. The summed E-state index contributed by atoms with van der Waals surface area (Å²) in [4.78, 5) is 36.6. The molecule has 0 bridgehead atoms. The van der Waals surface area contributed by atoms with Crippen LogP contribution >= 0.6 is 0 Å². The largest absolute Gasteiger partial charge is 0.312 e. The van der Waals surface area contributed by atoms with E-state index in [1.54, 1.807) is 19.1 Å². The van der Waals surface area contributed by atoms with E-state index in [2.05, 4.69) is 10.6 Å². The quantitative estimate of drug-likeness (QED) is 0.759. The molecule has 2 aliphatic rings. The lowest BCUT2D eigenvalue weighted by Crippen LogP contribution is -2.45. The highest BCUT2D eigenvalue weighted by molar-refractivity contribution is 5.99. The van der Waals surface area contributed by atoms with Gasteiger partial charge in [-0.15, -0.1) is 0 Å². The van der Waals surface area contributed by atoms with Gasteiger partial charge < -0.3 is 5.32 Å². The second-order valence-electron chi connectivity index (χ2n) is 6.64. The Hall–Kier alpha value is -2.54. The molecule has 3 heterocycles. The van der Waals surface area contributed by atoms with Gasteiger partial charge in [0.1, 0.15) is 11.9 Å². The van der Waals surface area contributed by atoms with E-state index >= 15 is 0 Å². The average Bonchev–Trinajstić information content (AvgIpc) is 2.58. The second kappa shape index (κ2) is 5.77. The van der Waals surface area contributed by atoms with Gasteiger partial charge in [-0.05, 0) is 49.6 Å². The van der Waals surface area contributed by atoms with Crippen LogP contribution in [0.25, 0.3) is 10.8 Å². The number of fused-ring (bicyclic) bond motifs is 2. The Morgan fingerprint density at radius 2 is 1.96 bits per heavy atom. The fourth-order valence-electron chi connectivity index (χ4n) is 3.83. The van der Waals surface area contributed by atoms with Crippen LogP contribution in [0.5, 0.6) is 0 Å². The molecule has 2 amide bonds. The lowest BCUT2D eigenvalue weighted by atomic mass is 9.95. The highest BCUT2D eigenvalue weighted by Gasteiger charge is 2.30. The molecule has 6 nitrogen and oxygen atoms in total. The molecule has 2 aromatic rings. The van der Waals surface area contributed by atoms with Gasteiger partial charge in [0.15, 0.2) is 0 Å². The molecule has 1 unspecified atom stereocenters. The molecule has 0 aliphatic carbocycles. The molecular weight excluding hydrogens is 325 g/mol. The topological polar surface area (TPSA) is 80.2 Å². The van der Waals surface area contributed by atoms with Crippen molar-refractivity contribution in [3.8, 4) is 0 Å². The molecule has 130 valence electrons. The lowest BCUT2D eigenvalue weighted by molar-refractivity contribution is -0.135. The Balaban J connectivity index is 1.94. The number of aromatic nitrogens is 1. The molecular formula is C18H18FN3O3. The summed E-state index contributed by atoms with van der Waals surface area (Å²) in [7, 11) is 0. The highest BCUT2D eigenvalue weighted by atomic mass is 19.1. The molecule has 1 atom stereocenters. The number of nitrogens with one attached hydrogen (secondary N) is 2. The van der Waals surface area contributed by atoms with Crippen LogP contribution in [0.4, 0.5) is 4.39 Å². The van der Waals surface area contributed by atoms with Crippen molar-refractivity contribution in [1.82, 2.24) is 15.2 Å². The number of hydrogen-bond donors (Lipinski definition) is 2. The van der Waals surface area contributed by atoms with Crippen molar-refractivity contribution in [2.45, 2.75) is 38.8 Å². The third kappa shape index (κ3) is 2.46. The molecule has 1 aromatic carbocycles. The number of amides is 2. The zero-order chi connectivity index (χ0) is 17.7. The first-order chi connectivity index (χ1) is 12.0. The van der Waals surface area contributed by atoms with Crippen LogP contribution < -0.4 is 16.2 Å². The van der Waals surface area contributed by atoms with Crippen LogP contribution in [0.3, 0.4) is 0 Å². The molecule has 0 spiro atoms. The minimum atomic E-state index is -0.744. The van der Waals surface area contributed by atoms with Crippen molar-refractivity contribution < 1.29 is 14.0 Å². The van der Waals surface area contributed by atoms with Gasteiger partial charge in [0, 0.05) is 24.0 Å². The number of rotatable bonds is 1. The van der Waals surface area contributed by atoms with Gasteiger partial charge in [-0.2, -0.15) is 0 Å². The Bertz CT molecular complexity index is 980. The third-order valence-corrected chi connectivity index (χ3v) is 5.07. The van der Waals surface area contributed by atoms with Gasteiger partial charge >= 0.3 is 0 Å². The summed E-state index contributed by atoms with van der Waals surface area (Å²) in [6.07, 6.45) is 1.04. The monoisotopic (exact) mass is 343 g/mol. The van der Waals surface area contributed by atoms with Crippen LogP contribution in [0.15, 0.2) is 16.9 Å². The van der Waals surface area contributed by atoms with Gasteiger partial charge in [0.05, 0.1) is 5.39 Å². The number of aryl methyl sites for hydroxylation is 1. The molecule has 25 heavy (non-hydrogen) atoms. The van der Waals surface area contributed by atoms with Crippen molar-refractivity contribution in [2.24, 2.45) is 0 Å². The van der Waals surface area contributed by atoms with E-state index in [1.165, 1.54) is 4.57 Å². The van der Waals surface area contributed by atoms with E-state index in [0.29, 0.717) is 36.2 Å². The van der Waals surface area contributed by atoms with Crippen molar-refractivity contribution in [2.75, 3.05) is 6.54 Å². The first-order valence-corrected chi connectivity index (χ1v) is 8.38. The van der Waals surface area contributed by atoms with Crippen LogP contribution in [0.2, 0.25) is 0 Å². The Morgan fingerprint density at radius 1 is 1.16 bits per heavy atom. The number of imide groups is 1. The summed E-state index contributed by atoms with van der Waals surface area (Å²) < 4.78 is 16.3. The van der Waals surface area contributed by atoms with Crippen molar-refractivity contribution in [3.63, 3.8) is 0 Å². The molecule has 1 aromatic heterocycles. The summed E-state index contributed by atoms with van der Waals surface area (Å²) >= 11 is 0. The predicted molar refractivity (Wildman–Crippen MR) is 89.7 cm³/mol. The van der Waals surface area contributed by atoms with Crippen molar-refractivity contribution in [3.05, 3.63) is 45.1 Å². The fourth-order valence-corrected chi connectivity index (χ4v) is 3.83. The zero-order valence-corrected chi connectivity index (χ0v) is 13.8. The smallest absolute Gasteiger partial charge is 0.259 e. The van der Waals surface area contributed by atoms with Crippen molar-refractivity contribution in [1.29, 1.82) is 0 Å². The first-order valence-electron chi connectivity index (χ1n) is 8.38. The summed E-state index contributed by atoms with van der Waals surface area (Å²) in [5, 5.41) is 6.02. The molecule has 2 aliphatic heterocycles. The molecule has 0 radical (unpaired) electrons. The number of piperidine rings is 1. The number of halogens is 1. The Kier molecular flexibility index (Phi) is 3.68. The van der Waals surface area contributed by atoms with Crippen LogP contribution in [-0.4, -0.2) is 22.9 Å². The van der Waals surface area contributed by atoms with Gasteiger partial charge in [0.25, 0.3) is 5.56 Å². The Morgan fingerprint density at radius 3 is 2.72 bits per heavy atom. The van der Waals surface area contributed by atoms with Gasteiger partial charge in [-0.3, -0.25) is 24.3 Å². The van der Waals surface area contributed by atoms with Crippen LogP contribution in [0.1, 0.15) is 35.7 Å². The molecule has 7 heteroatoms. The second-order valence-corrected chi connectivity index (χ2v) is 6.64. The number of carbonyl (C=O) groups excluding carboxylic acids is 2. The number of hydrogen-bond acceptors (Lipinski definition) is 4. The van der Waals surface area contributed by atoms with Gasteiger partial charge in [0.2, 0.25) is 11.8 Å². The first kappa shape index (κ1) is 16.0. The fraction of sp³-hybridized carbons (Fsp3) is 0.389. The molecule has 1 fully saturated rings. The predicted octanol–water partition coefficient (Wildman–Crippen LogP) is 1.07. The minimum absolute atomic E-state index is 0.183. The number of benzene rings is 1. The SMILES string of the molecule is Cc1cc2c(F)c3c(cc2c(=O)n1C1CCC(=O)NC1=O)CNCC3. The highest BCUT2D eigenvalue weighted by Crippen LogP contribution is 2.27. The van der Waals surface area contributed by atoms with Crippen LogP contribution in [-0.2, 0) is 22.6 Å². The van der Waals surface area contributed by atoms with E-state index in [1.807, 2.05) is 0 Å². The number of nitrogens with zero attached hydrogens (tertiary/aromatic N) is 1. The maximum absolute atomic E-state index is 14.9. The van der Waals surface area contributed by atoms with E-state index < -0.39 is 17.5 Å². The summed E-state index contributed by atoms with van der Waals surface area (Å²) in [6, 6.07) is 2.61. The third-order valence-electron chi connectivity index (χ3n) is 5.07. The minimum Gasteiger partial charge on any atom is -0.312 e. The van der Waals surface area contributed by atoms with E-state index in [4.69, 9.17) is 0 Å². The average molecular weight is 343 g/mol. The molecule has 0 saturated carbocycles. The normalized spacial score (nSPS) is 20.5. The molecule has 2 N–H and O–H groups in total. The van der Waals surface area contributed by atoms with E-state index in [9.17, 15) is 18.8 Å².